The van der Waals surface area contributed by atoms with Gasteiger partial charge in [0.05, 0.1) is 28.4 Å². The van der Waals surface area contributed by atoms with E-state index in [2.05, 4.69) is 22.2 Å². The highest BCUT2D eigenvalue weighted by Crippen LogP contribution is 2.43. The molecule has 4 fully saturated rings. The van der Waals surface area contributed by atoms with Crippen molar-refractivity contribution >= 4 is 40.6 Å². The van der Waals surface area contributed by atoms with Crippen LogP contribution in [0.3, 0.4) is 0 Å². The van der Waals surface area contributed by atoms with E-state index in [1.807, 2.05) is 10.8 Å². The number of likely N-dealkylation sites (N-methyl/N-ethyl adjacent to an activating group) is 1. The van der Waals surface area contributed by atoms with E-state index in [0.717, 1.165) is 30.8 Å². The van der Waals surface area contributed by atoms with Gasteiger partial charge >= 0.3 is 18.4 Å². The average molecular weight is 770 g/mol. The summed E-state index contributed by atoms with van der Waals surface area (Å²) in [7, 11) is 2.12. The predicted molar refractivity (Wildman–Crippen MR) is 187 cm³/mol. The number of carbonyl (C=O) groups excluding carboxylic acids is 3. The molecular weight excluding hydrogens is 724 g/mol. The summed E-state index contributed by atoms with van der Waals surface area (Å²) < 4.78 is 83.6. The number of urea groups is 1. The van der Waals surface area contributed by atoms with Crippen LogP contribution in [0.4, 0.5) is 42.5 Å². The first-order chi connectivity index (χ1) is 25.1. The standard InChI is InChI=1S/C36H45F6N7O3S/c1-45-17-27-16-26(45)18-49(27)25-5-9-47(10-6-25)33(51)23(12-21-13-28(35(37,38)39)32(43)29(14-21)36(40,41)42)15-31(50)46-7-3-24(4-8-46)48-11-2-22-19-53-20-30(22)44-34(48)52/h13-14,19-20,23-27H,2-12,15-18,43H2,1H3,(H,44,52)/t23-,26?,27?/m0/s1. The molecule has 6 heterocycles. The normalized spacial score (nSPS) is 24.4. The van der Waals surface area contributed by atoms with Crippen LogP contribution in [-0.2, 0) is 34.8 Å². The number of hydrogen-bond donors (Lipinski definition) is 2. The third-order valence-electron chi connectivity index (χ3n) is 12.0. The Kier molecular flexibility index (Phi) is 10.4. The molecule has 0 saturated carbocycles. The number of piperazine rings is 1. The number of nitrogens with two attached hydrogens (primary N) is 1. The summed E-state index contributed by atoms with van der Waals surface area (Å²) in [5.41, 5.74) is 2.23. The number of nitrogens with one attached hydrogen (secondary N) is 1. The van der Waals surface area contributed by atoms with Crippen LogP contribution in [-0.4, -0.2) is 119 Å². The molecule has 5 aliphatic rings. The minimum atomic E-state index is -5.17. The number of carbonyl (C=O) groups is 3. The fourth-order valence-corrected chi connectivity index (χ4v) is 9.95. The summed E-state index contributed by atoms with van der Waals surface area (Å²) in [4.78, 5) is 50.8. The number of anilines is 2. The lowest BCUT2D eigenvalue weighted by atomic mass is 9.90. The lowest BCUT2D eigenvalue weighted by molar-refractivity contribution is -0.143. The first-order valence-electron chi connectivity index (χ1n) is 18.3. The number of nitrogens with zero attached hydrogens (tertiary/aromatic N) is 5. The lowest BCUT2D eigenvalue weighted by Crippen LogP contribution is -2.54. The molecule has 3 atom stereocenters. The molecule has 0 spiro atoms. The van der Waals surface area contributed by atoms with E-state index in [1.54, 1.807) is 14.7 Å². The molecule has 5 aliphatic heterocycles. The number of piperidine rings is 2. The maximum atomic E-state index is 14.2. The molecule has 0 radical (unpaired) electrons. The van der Waals surface area contributed by atoms with Crippen LogP contribution in [0.1, 0.15) is 60.8 Å². The Morgan fingerprint density at radius 1 is 0.868 bits per heavy atom. The Labute approximate surface area is 308 Å². The second kappa shape index (κ2) is 14.6. The van der Waals surface area contributed by atoms with Gasteiger partial charge in [-0.1, -0.05) is 0 Å². The second-order valence-corrected chi connectivity index (χ2v) is 16.0. The number of thiophene rings is 1. The third kappa shape index (κ3) is 7.84. The summed E-state index contributed by atoms with van der Waals surface area (Å²) in [5.74, 6) is -2.05. The van der Waals surface area contributed by atoms with Crippen molar-refractivity contribution in [1.82, 2.24) is 24.5 Å². The second-order valence-electron chi connectivity index (χ2n) is 15.2. The number of halogens is 6. The van der Waals surface area contributed by atoms with Crippen LogP contribution < -0.4 is 11.1 Å². The highest BCUT2D eigenvalue weighted by molar-refractivity contribution is 7.08. The summed E-state index contributed by atoms with van der Waals surface area (Å²) >= 11 is 1.52. The van der Waals surface area contributed by atoms with Crippen LogP contribution in [0.2, 0.25) is 0 Å². The number of rotatable bonds is 7. The fraction of sp³-hybridized carbons (Fsp3) is 0.639. The average Bonchev–Trinajstić information content (AvgIpc) is 3.81. The molecule has 17 heteroatoms. The van der Waals surface area contributed by atoms with Crippen molar-refractivity contribution in [3.8, 4) is 0 Å². The summed E-state index contributed by atoms with van der Waals surface area (Å²) in [5, 5.41) is 6.86. The first-order valence-corrected chi connectivity index (χ1v) is 19.2. The first kappa shape index (κ1) is 37.7. The van der Waals surface area contributed by atoms with Gasteiger partial charge in [-0.15, -0.1) is 11.3 Å². The molecule has 1 aromatic carbocycles. The number of hydrogen-bond acceptors (Lipinski definition) is 7. The van der Waals surface area contributed by atoms with Crippen LogP contribution in [0, 0.1) is 5.92 Å². The molecule has 4 saturated heterocycles. The molecule has 2 aromatic rings. The quantitative estimate of drug-likeness (QED) is 0.290. The molecule has 7 rings (SSSR count). The van der Waals surface area contributed by atoms with E-state index < -0.39 is 53.3 Å². The van der Waals surface area contributed by atoms with Crippen LogP contribution in [0.5, 0.6) is 0 Å². The van der Waals surface area contributed by atoms with Gasteiger partial charge in [0.2, 0.25) is 11.8 Å². The van der Waals surface area contributed by atoms with E-state index in [-0.39, 0.29) is 30.1 Å². The van der Waals surface area contributed by atoms with Crippen molar-refractivity contribution in [1.29, 1.82) is 0 Å². The van der Waals surface area contributed by atoms with Crippen LogP contribution >= 0.6 is 11.3 Å². The minimum absolute atomic E-state index is 0.118. The molecule has 0 aliphatic carbocycles. The number of nitrogen functional groups attached to an aromatic ring is 1. The molecule has 2 unspecified atom stereocenters. The smallest absolute Gasteiger partial charge is 0.398 e. The van der Waals surface area contributed by atoms with Crippen molar-refractivity contribution < 1.29 is 40.7 Å². The van der Waals surface area contributed by atoms with Gasteiger partial charge in [0.15, 0.2) is 0 Å². The molecule has 290 valence electrons. The number of likely N-dealkylation sites (tertiary alicyclic amines) is 4. The number of fused-ring (bicyclic) bond motifs is 3. The summed E-state index contributed by atoms with van der Waals surface area (Å²) in [6.07, 6.45) is -7.00. The summed E-state index contributed by atoms with van der Waals surface area (Å²) in [6.45, 7) is 3.85. The SMILES string of the molecule is CN1CC2CC1CN2C1CCN(C(=O)[C@H](CC(=O)N2CCC(N3CCc4cscc4NC3=O)CC2)Cc2cc(C(F)(F)F)c(N)c(C(F)(F)F)c2)CC1. The van der Waals surface area contributed by atoms with E-state index >= 15 is 0 Å². The molecule has 1 aromatic heterocycles. The zero-order valence-electron chi connectivity index (χ0n) is 29.5. The number of amides is 4. The monoisotopic (exact) mass is 769 g/mol. The zero-order valence-corrected chi connectivity index (χ0v) is 30.3. The molecule has 2 bridgehead atoms. The third-order valence-corrected chi connectivity index (χ3v) is 12.8. The Morgan fingerprint density at radius 2 is 1.49 bits per heavy atom. The number of benzene rings is 1. The maximum Gasteiger partial charge on any atom is 0.418 e. The van der Waals surface area contributed by atoms with Gasteiger partial charge in [-0.3, -0.25) is 14.5 Å². The van der Waals surface area contributed by atoms with Crippen molar-refractivity contribution in [3.63, 3.8) is 0 Å². The van der Waals surface area contributed by atoms with E-state index in [4.69, 9.17) is 5.73 Å². The van der Waals surface area contributed by atoms with Gasteiger partial charge in [-0.05, 0) is 80.6 Å². The Balaban J connectivity index is 1.05. The molecule has 53 heavy (non-hydrogen) atoms. The number of alkyl halides is 6. The molecule has 3 N–H and O–H groups in total. The highest BCUT2D eigenvalue weighted by Gasteiger charge is 2.46. The van der Waals surface area contributed by atoms with Gasteiger partial charge in [0.1, 0.15) is 0 Å². The minimum Gasteiger partial charge on any atom is -0.398 e. The van der Waals surface area contributed by atoms with Gasteiger partial charge in [0, 0.05) is 81.8 Å². The predicted octanol–water partition coefficient (Wildman–Crippen LogP) is 5.38. The lowest BCUT2D eigenvalue weighted by Gasteiger charge is -2.42. The topological polar surface area (TPSA) is 105 Å². The Hall–Kier alpha value is -3.57. The van der Waals surface area contributed by atoms with Gasteiger partial charge in [0.25, 0.3) is 0 Å². The fourth-order valence-electron chi connectivity index (χ4n) is 9.12. The van der Waals surface area contributed by atoms with Crippen molar-refractivity contribution in [2.24, 2.45) is 5.92 Å². The highest BCUT2D eigenvalue weighted by atomic mass is 32.1. The summed E-state index contributed by atoms with van der Waals surface area (Å²) in [6, 6.07) is 2.07. The Morgan fingerprint density at radius 3 is 2.08 bits per heavy atom. The zero-order chi connectivity index (χ0) is 37.8. The Bertz CT molecular complexity index is 1670. The van der Waals surface area contributed by atoms with Gasteiger partial charge in [-0.25, -0.2) is 4.79 Å². The van der Waals surface area contributed by atoms with Gasteiger partial charge < -0.3 is 30.7 Å². The van der Waals surface area contributed by atoms with Crippen molar-refractivity contribution in [2.75, 3.05) is 63.9 Å². The van der Waals surface area contributed by atoms with E-state index in [1.165, 1.54) is 11.3 Å². The van der Waals surface area contributed by atoms with Crippen molar-refractivity contribution in [3.05, 3.63) is 45.1 Å². The molecular formula is C36H45F6N7O3S. The van der Waals surface area contributed by atoms with E-state index in [9.17, 15) is 40.7 Å². The largest absolute Gasteiger partial charge is 0.418 e. The maximum absolute atomic E-state index is 14.2. The van der Waals surface area contributed by atoms with Crippen LogP contribution in [0.15, 0.2) is 22.9 Å². The molecule has 4 amide bonds. The van der Waals surface area contributed by atoms with Gasteiger partial charge in [-0.2, -0.15) is 26.3 Å². The van der Waals surface area contributed by atoms with E-state index in [0.29, 0.717) is 89.0 Å². The molecule has 10 nitrogen and oxygen atoms in total. The van der Waals surface area contributed by atoms with Crippen molar-refractivity contribution in [2.45, 2.75) is 87.9 Å². The van der Waals surface area contributed by atoms with Crippen LogP contribution in [0.25, 0.3) is 0 Å².